The van der Waals surface area contributed by atoms with Crippen molar-refractivity contribution in [2.45, 2.75) is 252 Å². The highest BCUT2D eigenvalue weighted by molar-refractivity contribution is 5.99. The van der Waals surface area contributed by atoms with Crippen LogP contribution in [-0.4, -0.2) is 120 Å². The van der Waals surface area contributed by atoms with Crippen LogP contribution in [0.2, 0.25) is 0 Å². The molecule has 1 fully saturated rings. The van der Waals surface area contributed by atoms with Gasteiger partial charge in [0.15, 0.2) is 11.9 Å². The van der Waals surface area contributed by atoms with Crippen LogP contribution >= 0.6 is 0 Å². The van der Waals surface area contributed by atoms with E-state index in [2.05, 4.69) is 18.7 Å². The number of rotatable bonds is 48. The van der Waals surface area contributed by atoms with Gasteiger partial charge in [-0.2, -0.15) is 0 Å². The van der Waals surface area contributed by atoms with E-state index in [-0.39, 0.29) is 69.4 Å². The van der Waals surface area contributed by atoms with Crippen molar-refractivity contribution in [1.82, 2.24) is 4.90 Å². The largest absolute Gasteiger partial charge is 0.516 e. The number of morpholine rings is 1. The molecule has 3 rings (SSSR count). The van der Waals surface area contributed by atoms with E-state index in [0.29, 0.717) is 61.5 Å². The second-order valence-corrected chi connectivity index (χ2v) is 21.9. The summed E-state index contributed by atoms with van der Waals surface area (Å²) in [5.74, 6) is -3.44. The molecule has 2 aliphatic heterocycles. The summed E-state index contributed by atoms with van der Waals surface area (Å²) in [6.07, 6.45) is 30.3. The van der Waals surface area contributed by atoms with Crippen molar-refractivity contribution in [2.75, 3.05) is 66.6 Å². The number of unbranched alkanes of at least 4 members (excludes halogenated alkanes) is 24. The number of carbonyl (C=O) groups excluding carboxylic acids is 7. The average Bonchev–Trinajstić information content (AvgIpc) is 3.88. The molecule has 0 bridgehead atoms. The fourth-order valence-electron chi connectivity index (χ4n) is 9.97. The van der Waals surface area contributed by atoms with Crippen molar-refractivity contribution in [2.24, 2.45) is 0 Å². The van der Waals surface area contributed by atoms with E-state index in [1.54, 1.807) is 6.92 Å². The lowest BCUT2D eigenvalue weighted by molar-refractivity contribution is -0.168. The van der Waals surface area contributed by atoms with Gasteiger partial charge in [0.25, 0.3) is 0 Å². The Morgan fingerprint density at radius 3 is 1.54 bits per heavy atom. The molecule has 0 N–H and O–H groups in total. The van der Waals surface area contributed by atoms with Crippen molar-refractivity contribution >= 4 is 42.0 Å². The second-order valence-electron chi connectivity index (χ2n) is 21.9. The molecule has 1 saturated heterocycles. The Morgan fingerprint density at radius 1 is 0.561 bits per heavy atom. The number of nitrogens with zero attached hydrogens (tertiary/aromatic N) is 1. The molecule has 0 aromatic heterocycles. The zero-order valence-corrected chi connectivity index (χ0v) is 50.9. The molecule has 18 nitrogen and oxygen atoms in total. The molecule has 1 aromatic rings. The van der Waals surface area contributed by atoms with Gasteiger partial charge in [0.1, 0.15) is 37.7 Å². The molecule has 466 valence electrons. The lowest BCUT2D eigenvalue weighted by atomic mass is 9.94. The Morgan fingerprint density at radius 2 is 1.02 bits per heavy atom. The van der Waals surface area contributed by atoms with E-state index in [4.69, 9.17) is 47.4 Å². The zero-order chi connectivity index (χ0) is 59.4. The lowest BCUT2D eigenvalue weighted by Gasteiger charge is -2.26. The maximum absolute atomic E-state index is 13.1. The second kappa shape index (κ2) is 45.2. The third kappa shape index (κ3) is 32.0. The van der Waals surface area contributed by atoms with E-state index in [9.17, 15) is 33.6 Å². The van der Waals surface area contributed by atoms with Gasteiger partial charge in [-0.05, 0) is 45.1 Å². The number of fused-ring (bicyclic) bond motifs is 1. The summed E-state index contributed by atoms with van der Waals surface area (Å²) in [4.78, 5) is 92.1. The molecule has 0 spiro atoms. The molecule has 0 amide bonds. The number of methoxy groups -OCH3 is 1. The molecule has 1 aromatic carbocycles. The first-order chi connectivity index (χ1) is 39.9. The van der Waals surface area contributed by atoms with Crippen molar-refractivity contribution in [3.8, 4) is 11.5 Å². The molecule has 0 atom stereocenters. The van der Waals surface area contributed by atoms with E-state index in [1.165, 1.54) is 123 Å². The third-order valence-corrected chi connectivity index (χ3v) is 15.0. The highest BCUT2D eigenvalue weighted by atomic mass is 16.8. The first kappa shape index (κ1) is 71.0. The molecule has 2 heterocycles. The molecule has 0 radical (unpaired) electrons. The highest BCUT2D eigenvalue weighted by Crippen LogP contribution is 2.43. The molecular weight excluding hydrogens is 1050 g/mol. The summed E-state index contributed by atoms with van der Waals surface area (Å²) < 4.78 is 54.1. The molecule has 82 heavy (non-hydrogen) atoms. The summed E-state index contributed by atoms with van der Waals surface area (Å²) in [5, 5.41) is 0. The molecule has 0 aliphatic carbocycles. The van der Waals surface area contributed by atoms with Crippen LogP contribution in [0.5, 0.6) is 11.5 Å². The van der Waals surface area contributed by atoms with Crippen LogP contribution in [0, 0.1) is 6.92 Å². The minimum absolute atomic E-state index is 0.0307. The van der Waals surface area contributed by atoms with Crippen LogP contribution < -0.4 is 9.47 Å². The van der Waals surface area contributed by atoms with Crippen LogP contribution in [0.15, 0.2) is 11.6 Å². The first-order valence-electron chi connectivity index (χ1n) is 31.4. The molecule has 2 aliphatic rings. The Kier molecular flexibility index (Phi) is 39.2. The average molecular weight is 1160 g/mol. The number of cyclic esters (lactones) is 1. The Labute approximate surface area is 490 Å². The van der Waals surface area contributed by atoms with Crippen molar-refractivity contribution in [3.05, 3.63) is 33.9 Å². The minimum Gasteiger partial charge on any atom is -0.496 e. The van der Waals surface area contributed by atoms with E-state index >= 15 is 0 Å². The van der Waals surface area contributed by atoms with Gasteiger partial charge >= 0.3 is 42.0 Å². The van der Waals surface area contributed by atoms with Gasteiger partial charge in [-0.3, -0.25) is 28.9 Å². The van der Waals surface area contributed by atoms with Gasteiger partial charge < -0.3 is 47.4 Å². The van der Waals surface area contributed by atoms with Gasteiger partial charge in [0.2, 0.25) is 6.79 Å². The normalized spacial score (nSPS) is 13.3. The van der Waals surface area contributed by atoms with Crippen molar-refractivity contribution in [3.63, 3.8) is 0 Å². The molecule has 0 saturated carbocycles. The maximum atomic E-state index is 13.1. The predicted octanol–water partition coefficient (Wildman–Crippen LogP) is 13.6. The number of ether oxygens (including phenoxy) is 10. The van der Waals surface area contributed by atoms with Crippen molar-refractivity contribution < 1.29 is 80.9 Å². The predicted molar refractivity (Wildman–Crippen MR) is 311 cm³/mol. The highest BCUT2D eigenvalue weighted by Gasteiger charge is 2.35. The van der Waals surface area contributed by atoms with Gasteiger partial charge in [0, 0.05) is 50.0 Å². The standard InChI is InChI=1S/C64H103NO17/c1-6-8-10-12-14-16-18-20-22-24-26-28-30-32-55(66)76-46-52(47-77-56(67)33-31-29-27-25-23-21-19-17-15-13-11-9-7-2)81-59(70)39-38-58(69)79-49-80-64(72)82-62-53(61(73-5)51(4)54-48-78-63(71)60(54)62)36-34-50(3)35-37-57(68)75-45-42-65-40-43-74-44-41-65/h34,52H,6-33,35-49H2,1-5H3/b50-34+. The quantitative estimate of drug-likeness (QED) is 0.0148. The molecular formula is C64H103NO17. The van der Waals surface area contributed by atoms with Crippen LogP contribution in [0.25, 0.3) is 0 Å². The fourth-order valence-corrected chi connectivity index (χ4v) is 9.97. The van der Waals surface area contributed by atoms with Crippen LogP contribution in [0.4, 0.5) is 4.79 Å². The summed E-state index contributed by atoms with van der Waals surface area (Å²) in [7, 11) is 1.45. The van der Waals surface area contributed by atoms with Gasteiger partial charge in [0.05, 0.1) is 33.2 Å². The lowest BCUT2D eigenvalue weighted by Crippen LogP contribution is -2.38. The molecule has 0 unspecified atom stereocenters. The summed E-state index contributed by atoms with van der Waals surface area (Å²) in [5.41, 5.74) is 2.31. The fraction of sp³-hybridized carbons (Fsp3) is 0.766. The molecule has 18 heteroatoms. The number of allylic oxidation sites excluding steroid dienone is 2. The van der Waals surface area contributed by atoms with Crippen LogP contribution in [-0.2, 0) is 74.9 Å². The van der Waals surface area contributed by atoms with Gasteiger partial charge in [-0.1, -0.05) is 180 Å². The van der Waals surface area contributed by atoms with Gasteiger partial charge in [-0.25, -0.2) is 9.59 Å². The van der Waals surface area contributed by atoms with E-state index in [0.717, 1.165) is 57.2 Å². The van der Waals surface area contributed by atoms with Gasteiger partial charge in [-0.15, -0.1) is 0 Å². The van der Waals surface area contributed by atoms with Crippen molar-refractivity contribution in [1.29, 1.82) is 0 Å². The number of carbonyl (C=O) groups is 7. The minimum atomic E-state index is -1.29. The maximum Gasteiger partial charge on any atom is 0.516 e. The topological polar surface area (TPSA) is 215 Å². The Hall–Kier alpha value is -5.23. The SMILES string of the molecule is CCCCCCCCCCCCCCCC(=O)OCC(COC(=O)CCCCCCCCCCCCCCC)OC(=O)CCC(=O)OCOC(=O)Oc1c(C/C=C(\C)CCC(=O)OCCN2CCOCC2)c(OC)c(C)c2c1C(=O)OC2. The number of esters is 6. The Balaban J connectivity index is 1.46. The smallest absolute Gasteiger partial charge is 0.496 e. The summed E-state index contributed by atoms with van der Waals surface area (Å²) in [6.45, 7) is 10.3. The third-order valence-electron chi connectivity index (χ3n) is 15.0. The number of hydrogen-bond donors (Lipinski definition) is 0. The number of hydrogen-bond acceptors (Lipinski definition) is 18. The van der Waals surface area contributed by atoms with Crippen LogP contribution in [0.3, 0.4) is 0 Å². The first-order valence-corrected chi connectivity index (χ1v) is 31.4. The zero-order valence-electron chi connectivity index (χ0n) is 50.9. The van der Waals surface area contributed by atoms with Crippen LogP contribution in [0.1, 0.15) is 253 Å². The monoisotopic (exact) mass is 1160 g/mol. The number of benzene rings is 1. The Bertz CT molecular complexity index is 2000. The van der Waals surface area contributed by atoms with E-state index < -0.39 is 61.7 Å². The van der Waals surface area contributed by atoms with E-state index in [1.807, 2.05) is 13.0 Å². The summed E-state index contributed by atoms with van der Waals surface area (Å²) in [6, 6.07) is 0. The summed E-state index contributed by atoms with van der Waals surface area (Å²) >= 11 is 0.